The molecule has 1 amide bonds. The third-order valence-electron chi connectivity index (χ3n) is 3.64. The van der Waals surface area contributed by atoms with Gasteiger partial charge in [-0.05, 0) is 43.5 Å². The molecule has 1 aromatic rings. The number of rotatable bonds is 5. The Labute approximate surface area is 130 Å². The maximum Gasteiger partial charge on any atom is 0.238 e. The van der Waals surface area contributed by atoms with Crippen LogP contribution in [0.15, 0.2) is 18.2 Å². The molecule has 0 aromatic heterocycles. The van der Waals surface area contributed by atoms with E-state index < -0.39 is 0 Å². The maximum absolute atomic E-state index is 12.1. The van der Waals surface area contributed by atoms with Gasteiger partial charge in [0.1, 0.15) is 0 Å². The summed E-state index contributed by atoms with van der Waals surface area (Å²) in [6.07, 6.45) is 2.26. The van der Waals surface area contributed by atoms with E-state index in [0.717, 1.165) is 32.5 Å². The summed E-state index contributed by atoms with van der Waals surface area (Å²) in [5.41, 5.74) is 6.84. The number of nitrogens with one attached hydrogen (secondary N) is 1. The van der Waals surface area contributed by atoms with Gasteiger partial charge in [0, 0.05) is 19.3 Å². The quantitative estimate of drug-likeness (QED) is 0.818. The molecule has 0 saturated carbocycles. The summed E-state index contributed by atoms with van der Waals surface area (Å²) >= 11 is 6.05. The number of likely N-dealkylation sites (tertiary alicyclic amines) is 1. The minimum atomic E-state index is -0.0689. The van der Waals surface area contributed by atoms with Gasteiger partial charge in [-0.15, -0.1) is 0 Å². The molecule has 0 radical (unpaired) electrons. The molecule has 0 spiro atoms. The number of halogens is 1. The lowest BCUT2D eigenvalue weighted by Crippen LogP contribution is -2.41. The van der Waals surface area contributed by atoms with E-state index in [1.54, 1.807) is 25.3 Å². The van der Waals surface area contributed by atoms with Gasteiger partial charge in [-0.2, -0.15) is 0 Å². The lowest BCUT2D eigenvalue weighted by atomic mass is 9.99. The number of carbonyl (C=O) groups is 1. The molecule has 21 heavy (non-hydrogen) atoms. The number of nitrogens with zero attached hydrogens (tertiary/aromatic N) is 1. The highest BCUT2D eigenvalue weighted by Crippen LogP contribution is 2.24. The molecule has 1 unspecified atom stereocenters. The first-order valence-corrected chi connectivity index (χ1v) is 7.52. The lowest BCUT2D eigenvalue weighted by molar-refractivity contribution is -0.117. The molecule has 116 valence electrons. The molecule has 0 bridgehead atoms. The third-order valence-corrected chi connectivity index (χ3v) is 3.97. The van der Waals surface area contributed by atoms with E-state index in [1.165, 1.54) is 0 Å². The van der Waals surface area contributed by atoms with Crippen LogP contribution in [0.1, 0.15) is 12.8 Å². The third kappa shape index (κ3) is 4.88. The van der Waals surface area contributed by atoms with E-state index in [0.29, 0.717) is 28.9 Å². The van der Waals surface area contributed by atoms with Crippen molar-refractivity contribution in [2.75, 3.05) is 44.4 Å². The standard InChI is InChI=1S/C15H22ClN3O2/c1-21-10-11-3-2-6-19(8-11)9-15(20)18-14-7-12(17)4-5-13(14)16/h4-5,7,11H,2-3,6,8-10,17H2,1H3,(H,18,20). The van der Waals surface area contributed by atoms with E-state index >= 15 is 0 Å². The second-order valence-electron chi connectivity index (χ2n) is 5.49. The van der Waals surface area contributed by atoms with E-state index in [9.17, 15) is 4.79 Å². The van der Waals surface area contributed by atoms with Gasteiger partial charge >= 0.3 is 0 Å². The van der Waals surface area contributed by atoms with Gasteiger partial charge in [0.2, 0.25) is 5.91 Å². The van der Waals surface area contributed by atoms with Crippen LogP contribution < -0.4 is 11.1 Å². The molecule has 1 aliphatic heterocycles. The van der Waals surface area contributed by atoms with Crippen LogP contribution in [0.2, 0.25) is 5.02 Å². The first-order chi connectivity index (χ1) is 10.1. The van der Waals surface area contributed by atoms with Gasteiger partial charge in [0.15, 0.2) is 0 Å². The topological polar surface area (TPSA) is 67.6 Å². The first-order valence-electron chi connectivity index (χ1n) is 7.14. The van der Waals surface area contributed by atoms with Crippen molar-refractivity contribution in [3.63, 3.8) is 0 Å². The minimum Gasteiger partial charge on any atom is -0.399 e. The van der Waals surface area contributed by atoms with Crippen molar-refractivity contribution in [1.29, 1.82) is 0 Å². The molecule has 2 rings (SSSR count). The Hall–Kier alpha value is -1.30. The summed E-state index contributed by atoms with van der Waals surface area (Å²) in [5, 5.41) is 3.32. The second kappa shape index (κ2) is 7.64. The number of nitrogens with two attached hydrogens (primary N) is 1. The first kappa shape index (κ1) is 16.1. The van der Waals surface area contributed by atoms with Gasteiger partial charge in [0.05, 0.1) is 23.9 Å². The minimum absolute atomic E-state index is 0.0689. The van der Waals surface area contributed by atoms with Crippen molar-refractivity contribution in [2.24, 2.45) is 5.92 Å². The fourth-order valence-electron chi connectivity index (χ4n) is 2.70. The molecule has 1 atom stereocenters. The number of benzene rings is 1. The lowest BCUT2D eigenvalue weighted by Gasteiger charge is -2.31. The Kier molecular flexibility index (Phi) is 5.85. The average molecular weight is 312 g/mol. The summed E-state index contributed by atoms with van der Waals surface area (Å²) in [7, 11) is 1.72. The summed E-state index contributed by atoms with van der Waals surface area (Å²) < 4.78 is 5.20. The van der Waals surface area contributed by atoms with Gasteiger partial charge < -0.3 is 15.8 Å². The molecule has 5 nitrogen and oxygen atoms in total. The van der Waals surface area contributed by atoms with E-state index in [4.69, 9.17) is 22.1 Å². The molecule has 1 saturated heterocycles. The van der Waals surface area contributed by atoms with Crippen LogP contribution >= 0.6 is 11.6 Å². The normalized spacial score (nSPS) is 19.4. The van der Waals surface area contributed by atoms with Crippen molar-refractivity contribution in [2.45, 2.75) is 12.8 Å². The highest BCUT2D eigenvalue weighted by Gasteiger charge is 2.21. The highest BCUT2D eigenvalue weighted by molar-refractivity contribution is 6.33. The number of anilines is 2. The van der Waals surface area contributed by atoms with Crippen LogP contribution in [-0.2, 0) is 9.53 Å². The number of piperidine rings is 1. The molecule has 1 heterocycles. The summed E-state index contributed by atoms with van der Waals surface area (Å²) in [6, 6.07) is 5.06. The van der Waals surface area contributed by atoms with Crippen LogP contribution in [0.4, 0.5) is 11.4 Å². The summed E-state index contributed by atoms with van der Waals surface area (Å²) in [6.45, 7) is 2.95. The maximum atomic E-state index is 12.1. The van der Waals surface area contributed by atoms with Crippen LogP contribution in [0.5, 0.6) is 0 Å². The molecular formula is C15H22ClN3O2. The monoisotopic (exact) mass is 311 g/mol. The van der Waals surface area contributed by atoms with Crippen LogP contribution in [-0.4, -0.2) is 44.2 Å². The summed E-state index contributed by atoms with van der Waals surface area (Å²) in [5.74, 6) is 0.438. The van der Waals surface area contributed by atoms with Crippen LogP contribution in [0.25, 0.3) is 0 Å². The molecule has 1 fully saturated rings. The fraction of sp³-hybridized carbons (Fsp3) is 0.533. The Morgan fingerprint density at radius 1 is 1.57 bits per heavy atom. The van der Waals surface area contributed by atoms with Gasteiger partial charge in [-0.3, -0.25) is 9.69 Å². The van der Waals surface area contributed by atoms with Crippen molar-refractivity contribution >= 4 is 28.9 Å². The van der Waals surface area contributed by atoms with Crippen molar-refractivity contribution in [3.8, 4) is 0 Å². The van der Waals surface area contributed by atoms with Crippen LogP contribution in [0.3, 0.4) is 0 Å². The van der Waals surface area contributed by atoms with Gasteiger partial charge in [-0.25, -0.2) is 0 Å². The summed E-state index contributed by atoms with van der Waals surface area (Å²) in [4.78, 5) is 14.3. The van der Waals surface area contributed by atoms with E-state index in [1.807, 2.05) is 0 Å². The molecule has 1 aliphatic rings. The number of methoxy groups -OCH3 is 1. The van der Waals surface area contributed by atoms with Crippen LogP contribution in [0, 0.1) is 5.92 Å². The largest absolute Gasteiger partial charge is 0.399 e. The number of hydrogen-bond acceptors (Lipinski definition) is 4. The number of ether oxygens (including phenoxy) is 1. The Balaban J connectivity index is 1.88. The Morgan fingerprint density at radius 2 is 2.38 bits per heavy atom. The molecule has 6 heteroatoms. The Morgan fingerprint density at radius 3 is 3.14 bits per heavy atom. The van der Waals surface area contributed by atoms with Crippen molar-refractivity contribution in [1.82, 2.24) is 4.90 Å². The number of amides is 1. The number of nitrogen functional groups attached to an aromatic ring is 1. The second-order valence-corrected chi connectivity index (χ2v) is 5.89. The fourth-order valence-corrected chi connectivity index (χ4v) is 2.86. The molecule has 3 N–H and O–H groups in total. The zero-order valence-electron chi connectivity index (χ0n) is 12.3. The smallest absolute Gasteiger partial charge is 0.238 e. The number of hydrogen-bond donors (Lipinski definition) is 2. The van der Waals surface area contributed by atoms with Crippen molar-refractivity contribution in [3.05, 3.63) is 23.2 Å². The van der Waals surface area contributed by atoms with Crippen molar-refractivity contribution < 1.29 is 9.53 Å². The van der Waals surface area contributed by atoms with E-state index in [-0.39, 0.29) is 5.91 Å². The predicted octanol–water partition coefficient (Wildman–Crippen LogP) is 2.22. The van der Waals surface area contributed by atoms with E-state index in [2.05, 4.69) is 10.2 Å². The number of carbonyl (C=O) groups excluding carboxylic acids is 1. The molecule has 1 aromatic carbocycles. The average Bonchev–Trinajstić information content (AvgIpc) is 2.43. The zero-order chi connectivity index (χ0) is 15.2. The van der Waals surface area contributed by atoms with Gasteiger partial charge in [0.25, 0.3) is 0 Å². The van der Waals surface area contributed by atoms with Gasteiger partial charge in [-0.1, -0.05) is 11.6 Å². The molecular weight excluding hydrogens is 290 g/mol. The predicted molar refractivity (Wildman–Crippen MR) is 85.5 cm³/mol. The Bertz CT molecular complexity index is 494. The zero-order valence-corrected chi connectivity index (χ0v) is 13.0. The highest BCUT2D eigenvalue weighted by atomic mass is 35.5. The SMILES string of the molecule is COCC1CCCN(CC(=O)Nc2cc(N)ccc2Cl)C1. The molecule has 0 aliphatic carbocycles.